The van der Waals surface area contributed by atoms with Gasteiger partial charge in [-0.2, -0.15) is 17.7 Å². The summed E-state index contributed by atoms with van der Waals surface area (Å²) in [7, 11) is -1.64. The van der Waals surface area contributed by atoms with Crippen LogP contribution >= 0.6 is 0 Å². The molecule has 5 atom stereocenters. The molecule has 5 N–H and O–H groups in total. The van der Waals surface area contributed by atoms with Crippen molar-refractivity contribution in [3.8, 4) is 6.01 Å². The average Bonchev–Trinajstić information content (AvgIpc) is 3.51. The summed E-state index contributed by atoms with van der Waals surface area (Å²) in [6.45, 7) is 9.27. The summed E-state index contributed by atoms with van der Waals surface area (Å²) in [6, 6.07) is 12.2. The van der Waals surface area contributed by atoms with Crippen molar-refractivity contribution in [1.29, 1.82) is 0 Å². The van der Waals surface area contributed by atoms with E-state index in [1.54, 1.807) is 32.9 Å². The smallest absolute Gasteiger partial charge is 0.408 e. The Balaban J connectivity index is 1.31. The van der Waals surface area contributed by atoms with Gasteiger partial charge in [-0.05, 0) is 78.0 Å². The number of alkyl carbamates (subject to hydrolysis) is 1. The number of urea groups is 1. The van der Waals surface area contributed by atoms with Gasteiger partial charge in [-0.25, -0.2) is 14.3 Å². The fourth-order valence-corrected chi connectivity index (χ4v) is 8.39. The lowest BCUT2D eigenvalue weighted by Crippen LogP contribution is -2.58. The van der Waals surface area contributed by atoms with Crippen molar-refractivity contribution in [2.45, 2.75) is 121 Å². The van der Waals surface area contributed by atoms with Crippen molar-refractivity contribution in [2.24, 2.45) is 5.92 Å². The van der Waals surface area contributed by atoms with Gasteiger partial charge in [-0.3, -0.25) is 19.0 Å². The Labute approximate surface area is 362 Å². The Kier molecular flexibility index (Phi) is 13.8. The van der Waals surface area contributed by atoms with Crippen molar-refractivity contribution in [3.63, 3.8) is 0 Å². The van der Waals surface area contributed by atoms with E-state index >= 15 is 0 Å². The Bertz CT molecular complexity index is 2290. The highest BCUT2D eigenvalue weighted by molar-refractivity contribution is 7.87. The van der Waals surface area contributed by atoms with E-state index in [0.717, 1.165) is 22.7 Å². The number of ether oxygens (including phenoxy) is 2. The third-order valence-corrected chi connectivity index (χ3v) is 12.5. The molecule has 0 unspecified atom stereocenters. The zero-order valence-electron chi connectivity index (χ0n) is 36.4. The molecule has 1 aromatic heterocycles. The van der Waals surface area contributed by atoms with Gasteiger partial charge in [0.15, 0.2) is 0 Å². The lowest BCUT2D eigenvalue weighted by molar-refractivity contribution is -0.141. The number of rotatable bonds is 10. The summed E-state index contributed by atoms with van der Waals surface area (Å²) in [5, 5.41) is 11.3. The second-order valence-corrected chi connectivity index (χ2v) is 19.4. The maximum atomic E-state index is 14.7. The van der Waals surface area contributed by atoms with E-state index in [0.29, 0.717) is 36.1 Å². The van der Waals surface area contributed by atoms with Gasteiger partial charge in [-0.1, -0.05) is 61.4 Å². The van der Waals surface area contributed by atoms with Crippen LogP contribution < -0.4 is 30.7 Å². The number of amides is 6. The highest BCUT2D eigenvalue weighted by Gasteiger charge is 2.62. The first kappa shape index (κ1) is 45.8. The van der Waals surface area contributed by atoms with Gasteiger partial charge in [-0.15, -0.1) is 0 Å². The standard InChI is InChI=1S/C43H59N9O9S/c1-27(2)52-33-22-16-21-31(45-39(56)44-25-28-17-12-11-13-18-28)35(33)47-40(52)60-30-23-34-36(53)48-43(38(55)49-62(58,59)50(6)7)24-29(43)19-14-9-8-10-15-20-32(37(54)51(34)26-30)46-41(57)61-42(3,4)5/h11-14,16-19,21-22,27,29-30,32,34H,8-10,15,20,23-26H2,1-7H3,(H,46,57)(H,48,53)(H,49,55)(H2,44,45,56)/b19-14-/t29-,30-,32+,34+,43-/m1/s1. The molecule has 6 amide bonds. The van der Waals surface area contributed by atoms with E-state index in [1.165, 1.54) is 19.0 Å². The third kappa shape index (κ3) is 10.8. The lowest BCUT2D eigenvalue weighted by Gasteiger charge is -2.30. The number of para-hydroxylation sites is 1. The van der Waals surface area contributed by atoms with Crippen LogP contribution in [0.2, 0.25) is 0 Å². The predicted molar refractivity (Wildman–Crippen MR) is 232 cm³/mol. The zero-order valence-corrected chi connectivity index (χ0v) is 37.2. The van der Waals surface area contributed by atoms with Crippen molar-refractivity contribution in [1.82, 2.24) is 39.4 Å². The van der Waals surface area contributed by atoms with Gasteiger partial charge in [0, 0.05) is 39.0 Å². The number of hydrogen-bond donors (Lipinski definition) is 5. The number of nitrogens with one attached hydrogen (secondary N) is 5. The number of hydrogen-bond acceptors (Lipinski definition) is 10. The first-order valence-electron chi connectivity index (χ1n) is 21.1. The van der Waals surface area contributed by atoms with Crippen molar-refractivity contribution in [3.05, 3.63) is 66.2 Å². The lowest BCUT2D eigenvalue weighted by atomic mass is 10.0. The Morgan fingerprint density at radius 1 is 1.03 bits per heavy atom. The molecule has 62 heavy (non-hydrogen) atoms. The number of imidazole rings is 1. The summed E-state index contributed by atoms with van der Waals surface area (Å²) in [4.78, 5) is 75.3. The number of allylic oxidation sites excluding steroid dienone is 1. The summed E-state index contributed by atoms with van der Waals surface area (Å²) in [5.41, 5.74) is 0.0709. The number of fused-ring (bicyclic) bond motifs is 3. The molecule has 0 spiro atoms. The van der Waals surface area contributed by atoms with Crippen LogP contribution in [0.3, 0.4) is 0 Å². The van der Waals surface area contributed by atoms with Gasteiger partial charge >= 0.3 is 22.3 Å². The predicted octanol–water partition coefficient (Wildman–Crippen LogP) is 4.50. The molecule has 1 saturated heterocycles. The van der Waals surface area contributed by atoms with E-state index in [-0.39, 0.29) is 37.9 Å². The molecule has 3 aromatic rings. The SMILES string of the molecule is CC(C)n1c(O[C@@H]2C[C@H]3C(=O)N[C@]4(C(=O)NS(=O)(=O)N(C)C)C[C@H]4/C=C\CCCCC[C@H](NC(=O)OC(C)(C)C)C(=O)N3C2)nc2c(NC(=O)NCc3ccccc3)cccc21. The topological polar surface area (TPSA) is 222 Å². The molecule has 2 aromatic carbocycles. The number of aromatic nitrogens is 2. The van der Waals surface area contributed by atoms with Crippen molar-refractivity contribution < 1.29 is 41.9 Å². The molecule has 2 fully saturated rings. The van der Waals surface area contributed by atoms with Gasteiger partial charge in [0.2, 0.25) is 11.8 Å². The Hall–Kier alpha value is -5.69. The second-order valence-electron chi connectivity index (χ2n) is 17.6. The highest BCUT2D eigenvalue weighted by Crippen LogP contribution is 2.46. The van der Waals surface area contributed by atoms with Crippen LogP contribution in [0.25, 0.3) is 11.0 Å². The molecule has 1 aliphatic carbocycles. The minimum absolute atomic E-state index is 0.0285. The molecule has 3 heterocycles. The van der Waals surface area contributed by atoms with E-state index in [1.807, 2.05) is 67.0 Å². The fourth-order valence-electron chi connectivity index (χ4n) is 7.79. The van der Waals surface area contributed by atoms with Gasteiger partial charge in [0.1, 0.15) is 34.8 Å². The molecule has 6 rings (SSSR count). The number of carbonyl (C=O) groups excluding carboxylic acids is 5. The normalized spacial score (nSPS) is 23.9. The van der Waals surface area contributed by atoms with Crippen LogP contribution in [-0.2, 0) is 35.9 Å². The van der Waals surface area contributed by atoms with Crippen molar-refractivity contribution >= 4 is 56.8 Å². The number of nitrogens with zero attached hydrogens (tertiary/aromatic N) is 4. The highest BCUT2D eigenvalue weighted by atomic mass is 32.2. The molecule has 19 heteroatoms. The van der Waals surface area contributed by atoms with Gasteiger partial charge in [0.05, 0.1) is 17.7 Å². The first-order valence-corrected chi connectivity index (χ1v) is 22.5. The molecule has 3 aliphatic rings. The largest absolute Gasteiger partial charge is 0.459 e. The van der Waals surface area contributed by atoms with E-state index in [4.69, 9.17) is 14.5 Å². The molecule has 18 nitrogen and oxygen atoms in total. The van der Waals surface area contributed by atoms with E-state index in [9.17, 15) is 32.4 Å². The monoisotopic (exact) mass is 877 g/mol. The maximum Gasteiger partial charge on any atom is 0.408 e. The van der Waals surface area contributed by atoms with Gasteiger partial charge < -0.3 is 35.6 Å². The molecule has 2 aliphatic heterocycles. The number of carbonyl (C=O) groups is 5. The second kappa shape index (κ2) is 18.7. The van der Waals surface area contributed by atoms with Crippen LogP contribution in [-0.4, -0.2) is 107 Å². The molecular weight excluding hydrogens is 819 g/mol. The quantitative estimate of drug-likeness (QED) is 0.180. The van der Waals surface area contributed by atoms with Crippen molar-refractivity contribution in [2.75, 3.05) is 26.0 Å². The van der Waals surface area contributed by atoms with Crippen LogP contribution in [0.15, 0.2) is 60.7 Å². The van der Waals surface area contributed by atoms with E-state index in [2.05, 4.69) is 26.0 Å². The molecule has 336 valence electrons. The van der Waals surface area contributed by atoms with Crippen LogP contribution in [0.5, 0.6) is 6.01 Å². The van der Waals surface area contributed by atoms with Crippen LogP contribution in [0, 0.1) is 5.92 Å². The molecule has 0 radical (unpaired) electrons. The average molecular weight is 878 g/mol. The summed E-state index contributed by atoms with van der Waals surface area (Å²) in [5.74, 6) is -2.62. The maximum absolute atomic E-state index is 14.7. The summed E-state index contributed by atoms with van der Waals surface area (Å²) < 4.78 is 42.5. The molecule has 1 saturated carbocycles. The Morgan fingerprint density at radius 3 is 2.47 bits per heavy atom. The zero-order chi connectivity index (χ0) is 45.0. The van der Waals surface area contributed by atoms with Crippen LogP contribution in [0.4, 0.5) is 15.3 Å². The summed E-state index contributed by atoms with van der Waals surface area (Å²) >= 11 is 0. The Morgan fingerprint density at radius 2 is 1.77 bits per heavy atom. The number of benzene rings is 2. The van der Waals surface area contributed by atoms with Gasteiger partial charge in [0.25, 0.3) is 11.9 Å². The number of anilines is 1. The van der Waals surface area contributed by atoms with E-state index < -0.39 is 75.3 Å². The third-order valence-electron chi connectivity index (χ3n) is 11.1. The minimum atomic E-state index is -4.20. The van der Waals surface area contributed by atoms with Crippen LogP contribution in [0.1, 0.15) is 91.2 Å². The molecule has 0 bridgehead atoms. The fraction of sp³-hybridized carbons (Fsp3) is 0.535. The molecular formula is C43H59N9O9S. The first-order chi connectivity index (χ1) is 29.3. The minimum Gasteiger partial charge on any atom is -0.459 e. The summed E-state index contributed by atoms with van der Waals surface area (Å²) in [6.07, 6.45) is 5.27.